The number of methoxy groups -OCH3 is 1. The second-order valence-corrected chi connectivity index (χ2v) is 4.55. The van der Waals surface area contributed by atoms with Crippen LogP contribution < -0.4 is 20.5 Å². The van der Waals surface area contributed by atoms with E-state index >= 15 is 0 Å². The van der Waals surface area contributed by atoms with Crippen LogP contribution in [0.25, 0.3) is 0 Å². The van der Waals surface area contributed by atoms with Gasteiger partial charge in [-0.05, 0) is 19.1 Å². The molecule has 3 N–H and O–H groups in total. The van der Waals surface area contributed by atoms with E-state index in [1.54, 1.807) is 6.92 Å². The zero-order valence-electron chi connectivity index (χ0n) is 11.7. The van der Waals surface area contributed by atoms with Gasteiger partial charge >= 0.3 is 6.61 Å². The summed E-state index contributed by atoms with van der Waals surface area (Å²) in [6.45, 7) is -1.27. The fourth-order valence-corrected chi connectivity index (χ4v) is 1.93. The summed E-state index contributed by atoms with van der Waals surface area (Å²) < 4.78 is 33.9. The van der Waals surface area contributed by atoms with Crippen molar-refractivity contribution >= 4 is 28.8 Å². The number of rotatable bonds is 5. The van der Waals surface area contributed by atoms with Crippen LogP contribution in [-0.2, 0) is 0 Å². The quantitative estimate of drug-likeness (QED) is 0.818. The van der Waals surface area contributed by atoms with Gasteiger partial charge in [0.15, 0.2) is 22.5 Å². The van der Waals surface area contributed by atoms with Gasteiger partial charge in [0.2, 0.25) is 0 Å². The van der Waals surface area contributed by atoms with E-state index < -0.39 is 6.61 Å². The molecule has 0 saturated carbocycles. The standard InChI is InChI=1S/C13H13ClF2N4O2/c1-6-18-11(14)10(17)12(19-6)20-7-3-4-8(22-13(15)16)9(5-7)21-2/h3-5,13H,17H2,1-2H3,(H,18,19,20). The molecular weight excluding hydrogens is 318 g/mol. The van der Waals surface area contributed by atoms with E-state index in [4.69, 9.17) is 22.1 Å². The Morgan fingerprint density at radius 3 is 2.64 bits per heavy atom. The molecule has 22 heavy (non-hydrogen) atoms. The maximum absolute atomic E-state index is 12.3. The van der Waals surface area contributed by atoms with Crippen molar-refractivity contribution in [2.45, 2.75) is 13.5 Å². The molecule has 0 fully saturated rings. The van der Waals surface area contributed by atoms with Crippen molar-refractivity contribution < 1.29 is 18.3 Å². The van der Waals surface area contributed by atoms with Crippen LogP contribution >= 0.6 is 11.6 Å². The van der Waals surface area contributed by atoms with Gasteiger partial charge in [0.1, 0.15) is 11.5 Å². The Hall–Kier alpha value is -2.35. The number of aromatic nitrogens is 2. The normalized spacial score (nSPS) is 10.6. The molecule has 1 aromatic heterocycles. The molecule has 9 heteroatoms. The summed E-state index contributed by atoms with van der Waals surface area (Å²) in [4.78, 5) is 8.05. The number of anilines is 3. The van der Waals surface area contributed by atoms with Crippen molar-refractivity contribution in [1.29, 1.82) is 0 Å². The number of halogens is 3. The first-order valence-electron chi connectivity index (χ1n) is 6.10. The number of nitrogens with one attached hydrogen (secondary N) is 1. The number of hydrogen-bond acceptors (Lipinski definition) is 6. The minimum absolute atomic E-state index is 0.0760. The molecule has 0 unspecified atom stereocenters. The third-order valence-corrected chi connectivity index (χ3v) is 2.94. The lowest BCUT2D eigenvalue weighted by Crippen LogP contribution is -2.05. The zero-order chi connectivity index (χ0) is 16.3. The van der Waals surface area contributed by atoms with Gasteiger partial charge in [-0.3, -0.25) is 0 Å². The first-order chi connectivity index (χ1) is 10.4. The average molecular weight is 331 g/mol. The summed E-state index contributed by atoms with van der Waals surface area (Å²) in [6.07, 6.45) is 0. The van der Waals surface area contributed by atoms with E-state index in [2.05, 4.69) is 20.0 Å². The third-order valence-electron chi connectivity index (χ3n) is 2.65. The Balaban J connectivity index is 2.31. The van der Waals surface area contributed by atoms with Crippen molar-refractivity contribution in [1.82, 2.24) is 9.97 Å². The Morgan fingerprint density at radius 1 is 1.27 bits per heavy atom. The molecule has 2 aromatic rings. The molecule has 2 rings (SSSR count). The van der Waals surface area contributed by atoms with E-state index in [0.717, 1.165) is 0 Å². The van der Waals surface area contributed by atoms with Crippen LogP contribution in [-0.4, -0.2) is 23.7 Å². The molecule has 6 nitrogen and oxygen atoms in total. The Morgan fingerprint density at radius 2 is 2.00 bits per heavy atom. The summed E-state index contributed by atoms with van der Waals surface area (Å²) in [5.74, 6) is 0.807. The molecule has 1 heterocycles. The first-order valence-corrected chi connectivity index (χ1v) is 6.48. The first kappa shape index (κ1) is 16.0. The van der Waals surface area contributed by atoms with Crippen LogP contribution in [0.15, 0.2) is 18.2 Å². The zero-order valence-corrected chi connectivity index (χ0v) is 12.5. The molecule has 118 valence electrons. The summed E-state index contributed by atoms with van der Waals surface area (Å²) in [6, 6.07) is 4.34. The topological polar surface area (TPSA) is 82.3 Å². The van der Waals surface area contributed by atoms with Gasteiger partial charge in [-0.15, -0.1) is 0 Å². The maximum atomic E-state index is 12.3. The highest BCUT2D eigenvalue weighted by atomic mass is 35.5. The highest BCUT2D eigenvalue weighted by Crippen LogP contribution is 2.33. The van der Waals surface area contributed by atoms with Crippen molar-refractivity contribution in [2.24, 2.45) is 0 Å². The second-order valence-electron chi connectivity index (χ2n) is 4.19. The van der Waals surface area contributed by atoms with Gasteiger partial charge in [-0.1, -0.05) is 11.6 Å². The molecule has 1 aromatic carbocycles. The lowest BCUT2D eigenvalue weighted by atomic mass is 10.2. The predicted octanol–water partition coefficient (Wildman–Crippen LogP) is 3.37. The maximum Gasteiger partial charge on any atom is 0.387 e. The van der Waals surface area contributed by atoms with Gasteiger partial charge in [-0.25, -0.2) is 9.97 Å². The number of nitrogens with zero attached hydrogens (tertiary/aromatic N) is 2. The SMILES string of the molecule is COc1cc(Nc2nc(C)nc(Cl)c2N)ccc1OC(F)F. The predicted molar refractivity (Wildman–Crippen MR) is 79.1 cm³/mol. The van der Waals surface area contributed by atoms with Crippen molar-refractivity contribution in [2.75, 3.05) is 18.2 Å². The second kappa shape index (κ2) is 6.61. The molecule has 0 aliphatic carbocycles. The van der Waals surface area contributed by atoms with Crippen LogP contribution in [0, 0.1) is 6.92 Å². The van der Waals surface area contributed by atoms with Crippen LogP contribution in [0.2, 0.25) is 5.15 Å². The number of alkyl halides is 2. The van der Waals surface area contributed by atoms with Crippen LogP contribution in [0.5, 0.6) is 11.5 Å². The number of benzene rings is 1. The third kappa shape index (κ3) is 3.64. The molecule has 0 bridgehead atoms. The van der Waals surface area contributed by atoms with E-state index in [-0.39, 0.29) is 22.3 Å². The summed E-state index contributed by atoms with van der Waals surface area (Å²) >= 11 is 5.88. The molecule has 0 atom stereocenters. The smallest absolute Gasteiger partial charge is 0.387 e. The van der Waals surface area contributed by atoms with Gasteiger partial charge in [0, 0.05) is 11.8 Å². The van der Waals surface area contributed by atoms with Gasteiger partial charge in [-0.2, -0.15) is 8.78 Å². The number of aryl methyl sites for hydroxylation is 1. The van der Waals surface area contributed by atoms with Crippen molar-refractivity contribution in [3.8, 4) is 11.5 Å². The monoisotopic (exact) mass is 330 g/mol. The summed E-state index contributed by atoms with van der Waals surface area (Å²) in [5, 5.41) is 3.05. The number of nitrogens with two attached hydrogens (primary N) is 1. The van der Waals surface area contributed by atoms with E-state index in [1.165, 1.54) is 25.3 Å². The minimum Gasteiger partial charge on any atom is -0.493 e. The molecular formula is C13H13ClF2N4O2. The Bertz CT molecular complexity index is 685. The Kier molecular flexibility index (Phi) is 4.81. The minimum atomic E-state index is -2.94. The van der Waals surface area contributed by atoms with Crippen LogP contribution in [0.3, 0.4) is 0 Å². The molecule has 0 spiro atoms. The Labute approximate surface area is 130 Å². The average Bonchev–Trinajstić information content (AvgIpc) is 2.45. The van der Waals surface area contributed by atoms with Crippen LogP contribution in [0.1, 0.15) is 5.82 Å². The fourth-order valence-electron chi connectivity index (χ4n) is 1.72. The molecule has 0 aliphatic heterocycles. The summed E-state index contributed by atoms with van der Waals surface area (Å²) in [7, 11) is 1.34. The molecule has 0 saturated heterocycles. The van der Waals surface area contributed by atoms with Crippen LogP contribution in [0.4, 0.5) is 26.0 Å². The lowest BCUT2D eigenvalue weighted by molar-refractivity contribution is -0.0512. The van der Waals surface area contributed by atoms with Gasteiger partial charge < -0.3 is 20.5 Å². The summed E-state index contributed by atoms with van der Waals surface area (Å²) in [5.41, 5.74) is 6.48. The van der Waals surface area contributed by atoms with Crippen molar-refractivity contribution in [3.63, 3.8) is 0 Å². The van der Waals surface area contributed by atoms with Crippen molar-refractivity contribution in [3.05, 3.63) is 29.2 Å². The highest BCUT2D eigenvalue weighted by molar-refractivity contribution is 6.32. The molecule has 0 amide bonds. The molecule has 0 radical (unpaired) electrons. The highest BCUT2D eigenvalue weighted by Gasteiger charge is 2.13. The number of nitrogen functional groups attached to an aromatic ring is 1. The van der Waals surface area contributed by atoms with Gasteiger partial charge in [0.25, 0.3) is 0 Å². The van der Waals surface area contributed by atoms with E-state index in [0.29, 0.717) is 17.3 Å². The fraction of sp³-hybridized carbons (Fsp3) is 0.231. The largest absolute Gasteiger partial charge is 0.493 e. The van der Waals surface area contributed by atoms with E-state index in [1.807, 2.05) is 0 Å². The lowest BCUT2D eigenvalue weighted by Gasteiger charge is -2.13. The van der Waals surface area contributed by atoms with E-state index in [9.17, 15) is 8.78 Å². The number of ether oxygens (including phenoxy) is 2. The van der Waals surface area contributed by atoms with Gasteiger partial charge in [0.05, 0.1) is 7.11 Å². The number of hydrogen-bond donors (Lipinski definition) is 2. The molecule has 0 aliphatic rings.